The van der Waals surface area contributed by atoms with Crippen LogP contribution >= 0.6 is 0 Å². The summed E-state index contributed by atoms with van der Waals surface area (Å²) in [6, 6.07) is 0. The van der Waals surface area contributed by atoms with Gasteiger partial charge in [-0.05, 0) is 60.9 Å². The van der Waals surface area contributed by atoms with E-state index in [1.54, 1.807) is 0 Å². The minimum atomic E-state index is -0.0522. The third-order valence-corrected chi connectivity index (χ3v) is 2.63. The highest BCUT2D eigenvalue weighted by atomic mass is 16.5. The predicted molar refractivity (Wildman–Crippen MR) is 82.7 cm³/mol. The molecule has 0 radical (unpaired) electrons. The fraction of sp³-hybridized carbons (Fsp3) is 1.00. The van der Waals surface area contributed by atoms with Crippen molar-refractivity contribution in [2.24, 2.45) is 0 Å². The van der Waals surface area contributed by atoms with Gasteiger partial charge in [0.15, 0.2) is 0 Å². The van der Waals surface area contributed by atoms with Crippen molar-refractivity contribution >= 4 is 0 Å². The van der Waals surface area contributed by atoms with Gasteiger partial charge in [0.05, 0.1) is 18.8 Å². The molecule has 0 rings (SSSR count). The van der Waals surface area contributed by atoms with Crippen molar-refractivity contribution in [3.8, 4) is 0 Å². The molecule has 0 fully saturated rings. The minimum Gasteiger partial charge on any atom is -0.379 e. The van der Waals surface area contributed by atoms with E-state index in [0.717, 1.165) is 19.6 Å². The van der Waals surface area contributed by atoms with Gasteiger partial charge in [-0.2, -0.15) is 0 Å². The summed E-state index contributed by atoms with van der Waals surface area (Å²) in [7, 11) is 0. The molecule has 0 saturated heterocycles. The zero-order valence-corrected chi connectivity index (χ0v) is 14.0. The number of nitrogens with one attached hydrogen (secondary N) is 1. The first-order valence-corrected chi connectivity index (χ1v) is 7.67. The summed E-state index contributed by atoms with van der Waals surface area (Å²) in [5.74, 6) is 0. The molecule has 0 heterocycles. The fourth-order valence-corrected chi connectivity index (χ4v) is 1.65. The van der Waals surface area contributed by atoms with E-state index in [1.807, 2.05) is 0 Å². The van der Waals surface area contributed by atoms with E-state index in [-0.39, 0.29) is 11.1 Å². The standard InChI is InChI=1S/C16H35NO2/c1-15(2,3)17-11-9-7-8-10-12-18-13-14-19-16(4,5)6/h17H,7-14H2,1-6H3. The zero-order chi connectivity index (χ0) is 14.8. The minimum absolute atomic E-state index is 0.0522. The second-order valence-corrected chi connectivity index (χ2v) is 7.16. The van der Waals surface area contributed by atoms with Crippen LogP contribution in [0, 0.1) is 0 Å². The lowest BCUT2D eigenvalue weighted by Crippen LogP contribution is -2.36. The molecule has 0 aliphatic heterocycles. The highest BCUT2D eigenvalue weighted by molar-refractivity contribution is 4.69. The van der Waals surface area contributed by atoms with Gasteiger partial charge in [-0.1, -0.05) is 12.8 Å². The zero-order valence-electron chi connectivity index (χ0n) is 14.0. The van der Waals surface area contributed by atoms with E-state index in [9.17, 15) is 0 Å². The maximum Gasteiger partial charge on any atom is 0.0707 e. The SMILES string of the molecule is CC(C)(C)NCCCCCCOCCOC(C)(C)C. The molecule has 19 heavy (non-hydrogen) atoms. The Morgan fingerprint density at radius 2 is 1.37 bits per heavy atom. The fourth-order valence-electron chi connectivity index (χ4n) is 1.65. The van der Waals surface area contributed by atoms with Gasteiger partial charge in [-0.3, -0.25) is 0 Å². The Morgan fingerprint density at radius 3 is 1.95 bits per heavy atom. The van der Waals surface area contributed by atoms with E-state index >= 15 is 0 Å². The lowest BCUT2D eigenvalue weighted by molar-refractivity contribution is -0.0351. The molecule has 0 saturated carbocycles. The van der Waals surface area contributed by atoms with Crippen LogP contribution in [0.15, 0.2) is 0 Å². The van der Waals surface area contributed by atoms with Gasteiger partial charge in [-0.25, -0.2) is 0 Å². The average Bonchev–Trinajstić information content (AvgIpc) is 2.22. The van der Waals surface area contributed by atoms with Gasteiger partial charge in [0.1, 0.15) is 0 Å². The smallest absolute Gasteiger partial charge is 0.0707 e. The molecule has 0 aliphatic carbocycles. The number of hydrogen-bond donors (Lipinski definition) is 1. The lowest BCUT2D eigenvalue weighted by atomic mass is 10.1. The van der Waals surface area contributed by atoms with Crippen LogP contribution in [0.1, 0.15) is 67.2 Å². The van der Waals surface area contributed by atoms with Gasteiger partial charge in [0, 0.05) is 12.1 Å². The maximum absolute atomic E-state index is 5.59. The topological polar surface area (TPSA) is 30.5 Å². The lowest BCUT2D eigenvalue weighted by Gasteiger charge is -2.20. The number of hydrogen-bond acceptors (Lipinski definition) is 3. The Morgan fingerprint density at radius 1 is 0.737 bits per heavy atom. The van der Waals surface area contributed by atoms with Crippen LogP contribution < -0.4 is 5.32 Å². The monoisotopic (exact) mass is 273 g/mol. The van der Waals surface area contributed by atoms with Crippen LogP contribution in [0.2, 0.25) is 0 Å². The molecular weight excluding hydrogens is 238 g/mol. The quantitative estimate of drug-likeness (QED) is 0.615. The first kappa shape index (κ1) is 18.9. The molecule has 0 aromatic heterocycles. The summed E-state index contributed by atoms with van der Waals surface area (Å²) in [6.45, 7) is 16.2. The van der Waals surface area contributed by atoms with Crippen LogP contribution in [-0.4, -0.2) is 37.5 Å². The first-order valence-electron chi connectivity index (χ1n) is 7.67. The van der Waals surface area contributed by atoms with Gasteiger partial charge in [-0.15, -0.1) is 0 Å². The average molecular weight is 273 g/mol. The van der Waals surface area contributed by atoms with E-state index in [0.29, 0.717) is 13.2 Å². The van der Waals surface area contributed by atoms with Gasteiger partial charge >= 0.3 is 0 Å². The molecule has 0 bridgehead atoms. The Hall–Kier alpha value is -0.120. The second kappa shape index (κ2) is 9.73. The van der Waals surface area contributed by atoms with Crippen molar-refractivity contribution in [2.75, 3.05) is 26.4 Å². The predicted octanol–water partition coefficient (Wildman–Crippen LogP) is 3.77. The Bertz CT molecular complexity index is 182. The van der Waals surface area contributed by atoms with Crippen molar-refractivity contribution in [1.29, 1.82) is 0 Å². The summed E-state index contributed by atoms with van der Waals surface area (Å²) in [6.07, 6.45) is 4.95. The summed E-state index contributed by atoms with van der Waals surface area (Å²) in [5, 5.41) is 3.51. The van der Waals surface area contributed by atoms with Crippen molar-refractivity contribution in [1.82, 2.24) is 5.32 Å². The summed E-state index contributed by atoms with van der Waals surface area (Å²) in [5.41, 5.74) is 0.194. The Kier molecular flexibility index (Phi) is 9.67. The maximum atomic E-state index is 5.59. The van der Waals surface area contributed by atoms with E-state index in [4.69, 9.17) is 9.47 Å². The Labute approximate surface area is 120 Å². The van der Waals surface area contributed by atoms with Gasteiger partial charge in [0.2, 0.25) is 0 Å². The molecule has 0 aromatic rings. The van der Waals surface area contributed by atoms with Crippen LogP contribution in [0.3, 0.4) is 0 Å². The van der Waals surface area contributed by atoms with E-state index in [2.05, 4.69) is 46.9 Å². The number of rotatable bonds is 10. The molecule has 0 aromatic carbocycles. The highest BCUT2D eigenvalue weighted by Gasteiger charge is 2.09. The van der Waals surface area contributed by atoms with Crippen LogP contribution in [0.4, 0.5) is 0 Å². The molecule has 3 nitrogen and oxygen atoms in total. The van der Waals surface area contributed by atoms with E-state index in [1.165, 1.54) is 19.3 Å². The summed E-state index contributed by atoms with van der Waals surface area (Å²) in [4.78, 5) is 0. The molecule has 3 heteroatoms. The largest absolute Gasteiger partial charge is 0.379 e. The number of ether oxygens (including phenoxy) is 2. The van der Waals surface area contributed by atoms with Crippen molar-refractivity contribution in [2.45, 2.75) is 78.4 Å². The molecule has 0 amide bonds. The van der Waals surface area contributed by atoms with Crippen LogP contribution in [0.5, 0.6) is 0 Å². The number of unbranched alkanes of at least 4 members (excludes halogenated alkanes) is 3. The second-order valence-electron chi connectivity index (χ2n) is 7.16. The molecule has 1 N–H and O–H groups in total. The highest BCUT2D eigenvalue weighted by Crippen LogP contribution is 2.06. The third kappa shape index (κ3) is 17.9. The van der Waals surface area contributed by atoms with Gasteiger partial charge in [0.25, 0.3) is 0 Å². The summed E-state index contributed by atoms with van der Waals surface area (Å²) >= 11 is 0. The molecular formula is C16H35NO2. The normalized spacial score (nSPS) is 12.9. The van der Waals surface area contributed by atoms with Crippen LogP contribution in [0.25, 0.3) is 0 Å². The van der Waals surface area contributed by atoms with E-state index < -0.39 is 0 Å². The molecule has 0 aliphatic rings. The molecule has 0 atom stereocenters. The van der Waals surface area contributed by atoms with Crippen molar-refractivity contribution in [3.63, 3.8) is 0 Å². The Balaban J connectivity index is 3.12. The molecule has 0 unspecified atom stereocenters. The molecule has 0 spiro atoms. The van der Waals surface area contributed by atoms with Crippen LogP contribution in [-0.2, 0) is 9.47 Å². The summed E-state index contributed by atoms with van der Waals surface area (Å²) < 4.78 is 11.1. The van der Waals surface area contributed by atoms with Crippen molar-refractivity contribution < 1.29 is 9.47 Å². The van der Waals surface area contributed by atoms with Crippen molar-refractivity contribution in [3.05, 3.63) is 0 Å². The third-order valence-electron chi connectivity index (χ3n) is 2.63. The molecule has 116 valence electrons. The van der Waals surface area contributed by atoms with Gasteiger partial charge < -0.3 is 14.8 Å². The first-order chi connectivity index (χ1) is 8.71.